The Bertz CT molecular complexity index is 604. The van der Waals surface area contributed by atoms with Crippen molar-refractivity contribution in [3.8, 4) is 27.8 Å². The summed E-state index contributed by atoms with van der Waals surface area (Å²) < 4.78 is 16.0. The maximum Gasteiger partial charge on any atom is 0.164 e. The van der Waals surface area contributed by atoms with E-state index >= 15 is 0 Å². The molecule has 0 fully saturated rings. The molecule has 5 nitrogen and oxygen atoms in total. The first-order valence-electron chi connectivity index (χ1n) is 6.42. The van der Waals surface area contributed by atoms with Gasteiger partial charge in [0.05, 0.1) is 26.9 Å². The fraction of sp³-hybridized carbons (Fsp3) is 0.429. The zero-order valence-electron chi connectivity index (χ0n) is 12.2. The molecule has 0 N–H and O–H groups in total. The predicted molar refractivity (Wildman–Crippen MR) is 84.0 cm³/mol. The van der Waals surface area contributed by atoms with E-state index in [9.17, 15) is 0 Å². The first-order chi connectivity index (χ1) is 10.2. The number of hydrogen-bond acceptors (Lipinski definition) is 6. The first-order valence-corrected chi connectivity index (χ1v) is 7.77. The minimum atomic E-state index is 0.616. The van der Waals surface area contributed by atoms with E-state index in [0.29, 0.717) is 23.1 Å². The van der Waals surface area contributed by atoms with Crippen molar-refractivity contribution in [2.75, 3.05) is 27.2 Å². The summed E-state index contributed by atoms with van der Waals surface area (Å²) in [6, 6.07) is 3.64. The van der Waals surface area contributed by atoms with Gasteiger partial charge in [0.1, 0.15) is 10.8 Å². The van der Waals surface area contributed by atoms with Gasteiger partial charge in [-0.05, 0) is 12.5 Å². The van der Waals surface area contributed by atoms with E-state index in [1.807, 2.05) is 6.07 Å². The van der Waals surface area contributed by atoms with Crippen molar-refractivity contribution in [2.45, 2.75) is 12.8 Å². The normalized spacial score (nSPS) is 10.5. The topological polar surface area (TPSA) is 53.5 Å². The number of hydrogen-bond donors (Lipinski definition) is 0. The van der Waals surface area contributed by atoms with Gasteiger partial charge >= 0.3 is 0 Å². The quantitative estimate of drug-likeness (QED) is 0.729. The number of ether oxygens (including phenoxy) is 3. The third-order valence-corrected chi connectivity index (χ3v) is 4.21. The summed E-state index contributed by atoms with van der Waals surface area (Å²) in [5.41, 5.74) is 0.838. The number of alkyl halides is 1. The highest BCUT2D eigenvalue weighted by Gasteiger charge is 2.16. The molecule has 0 aliphatic carbocycles. The molecule has 0 spiro atoms. The number of nitrogens with zero attached hydrogens (tertiary/aromatic N) is 2. The molecule has 0 aliphatic heterocycles. The number of methoxy groups -OCH3 is 3. The second kappa shape index (κ2) is 7.47. The standard InChI is InChI=1S/C14H17ClN2O3S/c1-18-10-8-12(20-3)11(19-2)7-9(10)14-17-16-13(21-14)5-4-6-15/h7-8H,4-6H2,1-3H3. The van der Waals surface area contributed by atoms with Crippen molar-refractivity contribution in [1.82, 2.24) is 10.2 Å². The Labute approximate surface area is 132 Å². The Morgan fingerprint density at radius 2 is 1.67 bits per heavy atom. The molecule has 1 heterocycles. The average molecular weight is 329 g/mol. The van der Waals surface area contributed by atoms with Crippen LogP contribution in [0.15, 0.2) is 12.1 Å². The van der Waals surface area contributed by atoms with Gasteiger partial charge in [0.15, 0.2) is 16.5 Å². The summed E-state index contributed by atoms with van der Waals surface area (Å²) in [4.78, 5) is 0. The molecule has 1 aromatic heterocycles. The lowest BCUT2D eigenvalue weighted by atomic mass is 10.2. The van der Waals surface area contributed by atoms with Gasteiger partial charge in [-0.15, -0.1) is 21.8 Å². The molecule has 0 unspecified atom stereocenters. The lowest BCUT2D eigenvalue weighted by Crippen LogP contribution is -1.94. The fourth-order valence-corrected chi connectivity index (χ4v) is 2.91. The second-order valence-electron chi connectivity index (χ2n) is 4.20. The van der Waals surface area contributed by atoms with Crippen LogP contribution in [0.5, 0.6) is 17.2 Å². The SMILES string of the molecule is COc1cc(OC)c(-c2nnc(CCCCl)s2)cc1OC. The van der Waals surface area contributed by atoms with Gasteiger partial charge in [-0.1, -0.05) is 11.3 Å². The van der Waals surface area contributed by atoms with Crippen LogP contribution in [0.4, 0.5) is 0 Å². The lowest BCUT2D eigenvalue weighted by molar-refractivity contribution is 0.349. The monoisotopic (exact) mass is 328 g/mol. The Balaban J connectivity index is 2.39. The van der Waals surface area contributed by atoms with Crippen molar-refractivity contribution in [1.29, 1.82) is 0 Å². The molecule has 0 bridgehead atoms. The van der Waals surface area contributed by atoms with Crippen LogP contribution in [0.25, 0.3) is 10.6 Å². The molecule has 0 aliphatic rings. The summed E-state index contributed by atoms with van der Waals surface area (Å²) in [5.74, 6) is 2.54. The van der Waals surface area contributed by atoms with Gasteiger partial charge in [-0.2, -0.15) is 0 Å². The third-order valence-electron chi connectivity index (χ3n) is 2.93. The molecular weight excluding hydrogens is 312 g/mol. The van der Waals surface area contributed by atoms with Crippen molar-refractivity contribution in [2.24, 2.45) is 0 Å². The molecule has 1 aromatic carbocycles. The third kappa shape index (κ3) is 3.57. The van der Waals surface area contributed by atoms with E-state index in [0.717, 1.165) is 28.4 Å². The van der Waals surface area contributed by atoms with Gasteiger partial charge in [0.25, 0.3) is 0 Å². The lowest BCUT2D eigenvalue weighted by Gasteiger charge is -2.12. The van der Waals surface area contributed by atoms with E-state index in [2.05, 4.69) is 10.2 Å². The van der Waals surface area contributed by atoms with Crippen LogP contribution in [0.1, 0.15) is 11.4 Å². The number of halogens is 1. The van der Waals surface area contributed by atoms with Crippen molar-refractivity contribution >= 4 is 22.9 Å². The molecule has 114 valence electrons. The van der Waals surface area contributed by atoms with Crippen molar-refractivity contribution in [3.05, 3.63) is 17.1 Å². The van der Waals surface area contributed by atoms with Crippen LogP contribution >= 0.6 is 22.9 Å². The molecule has 0 radical (unpaired) electrons. The Morgan fingerprint density at radius 3 is 2.29 bits per heavy atom. The van der Waals surface area contributed by atoms with E-state index in [1.165, 1.54) is 11.3 Å². The van der Waals surface area contributed by atoms with Crippen LogP contribution in [0, 0.1) is 0 Å². The van der Waals surface area contributed by atoms with Crippen molar-refractivity contribution < 1.29 is 14.2 Å². The largest absolute Gasteiger partial charge is 0.496 e. The smallest absolute Gasteiger partial charge is 0.164 e. The fourth-order valence-electron chi connectivity index (χ4n) is 1.88. The van der Waals surface area contributed by atoms with Gasteiger partial charge in [-0.25, -0.2) is 0 Å². The van der Waals surface area contributed by atoms with Gasteiger partial charge in [0.2, 0.25) is 0 Å². The molecule has 2 rings (SSSR count). The number of benzene rings is 1. The Morgan fingerprint density at radius 1 is 1.00 bits per heavy atom. The molecule has 0 saturated carbocycles. The molecule has 2 aromatic rings. The summed E-state index contributed by atoms with van der Waals surface area (Å²) in [7, 11) is 4.80. The van der Waals surface area contributed by atoms with Gasteiger partial charge in [-0.3, -0.25) is 0 Å². The van der Waals surface area contributed by atoms with Gasteiger partial charge in [0, 0.05) is 18.4 Å². The van der Waals surface area contributed by atoms with Crippen LogP contribution in [-0.2, 0) is 6.42 Å². The summed E-state index contributed by atoms with van der Waals surface area (Å²) in [6.45, 7) is 0. The predicted octanol–water partition coefficient (Wildman–Crippen LogP) is 3.40. The number of aromatic nitrogens is 2. The maximum atomic E-state index is 5.70. The zero-order valence-corrected chi connectivity index (χ0v) is 13.8. The van der Waals surface area contributed by atoms with E-state index in [1.54, 1.807) is 27.4 Å². The summed E-state index contributed by atoms with van der Waals surface area (Å²) >= 11 is 7.23. The van der Waals surface area contributed by atoms with Crippen LogP contribution < -0.4 is 14.2 Å². The molecule has 7 heteroatoms. The molecule has 0 atom stereocenters. The first kappa shape index (κ1) is 15.9. The van der Waals surface area contributed by atoms with E-state index in [4.69, 9.17) is 25.8 Å². The molecule has 21 heavy (non-hydrogen) atoms. The highest BCUT2D eigenvalue weighted by atomic mass is 35.5. The number of aryl methyl sites for hydroxylation is 1. The molecule has 0 amide bonds. The Kier molecular flexibility index (Phi) is 5.64. The minimum absolute atomic E-state index is 0.616. The van der Waals surface area contributed by atoms with Crippen molar-refractivity contribution in [3.63, 3.8) is 0 Å². The summed E-state index contributed by atoms with van der Waals surface area (Å²) in [6.07, 6.45) is 1.72. The zero-order chi connectivity index (χ0) is 15.2. The van der Waals surface area contributed by atoms with Crippen LogP contribution in [0.2, 0.25) is 0 Å². The Hall–Kier alpha value is -1.53. The molecule has 0 saturated heterocycles. The highest BCUT2D eigenvalue weighted by Crippen LogP contribution is 2.40. The van der Waals surface area contributed by atoms with Gasteiger partial charge < -0.3 is 14.2 Å². The second-order valence-corrected chi connectivity index (χ2v) is 5.64. The van der Waals surface area contributed by atoms with Crippen LogP contribution in [0.3, 0.4) is 0 Å². The highest BCUT2D eigenvalue weighted by molar-refractivity contribution is 7.14. The molecular formula is C14H17ClN2O3S. The number of rotatable bonds is 7. The van der Waals surface area contributed by atoms with E-state index in [-0.39, 0.29) is 0 Å². The average Bonchev–Trinajstić information content (AvgIpc) is 3.00. The minimum Gasteiger partial charge on any atom is -0.496 e. The summed E-state index contributed by atoms with van der Waals surface area (Å²) in [5, 5.41) is 10.2. The van der Waals surface area contributed by atoms with E-state index < -0.39 is 0 Å². The van der Waals surface area contributed by atoms with Crippen LogP contribution in [-0.4, -0.2) is 37.4 Å². The maximum absolute atomic E-state index is 5.70.